The summed E-state index contributed by atoms with van der Waals surface area (Å²) in [5, 5.41) is 10.6. The van der Waals surface area contributed by atoms with Gasteiger partial charge in [0.15, 0.2) is 0 Å². The molecular formula is C13H21ClN4O. The van der Waals surface area contributed by atoms with Crippen LogP contribution in [0.1, 0.15) is 38.5 Å². The van der Waals surface area contributed by atoms with E-state index in [9.17, 15) is 4.79 Å². The monoisotopic (exact) mass is 284 g/mol. The number of nitrogens with one attached hydrogen (secondary N) is 2. The van der Waals surface area contributed by atoms with Gasteiger partial charge in [0, 0.05) is 25.3 Å². The van der Waals surface area contributed by atoms with Crippen molar-refractivity contribution in [2.75, 3.05) is 6.54 Å². The molecule has 0 aliphatic heterocycles. The van der Waals surface area contributed by atoms with Gasteiger partial charge in [0.1, 0.15) is 0 Å². The molecule has 0 atom stereocenters. The fourth-order valence-corrected chi connectivity index (χ4v) is 2.54. The summed E-state index contributed by atoms with van der Waals surface area (Å²) in [7, 11) is 0. The van der Waals surface area contributed by atoms with Crippen molar-refractivity contribution < 1.29 is 4.79 Å². The van der Waals surface area contributed by atoms with Crippen LogP contribution >= 0.6 is 11.6 Å². The first-order valence-electron chi connectivity index (χ1n) is 6.96. The second-order valence-corrected chi connectivity index (χ2v) is 5.45. The highest BCUT2D eigenvalue weighted by Gasteiger charge is 2.14. The number of hydrogen-bond acceptors (Lipinski definition) is 2. The van der Waals surface area contributed by atoms with Crippen LogP contribution in [0.25, 0.3) is 0 Å². The number of aromatic nitrogens is 2. The van der Waals surface area contributed by atoms with Crippen LogP contribution in [0.3, 0.4) is 0 Å². The predicted molar refractivity (Wildman–Crippen MR) is 75.3 cm³/mol. The van der Waals surface area contributed by atoms with Gasteiger partial charge in [-0.05, 0) is 19.3 Å². The lowest BCUT2D eigenvalue weighted by Crippen LogP contribution is -2.43. The van der Waals surface area contributed by atoms with E-state index in [0.29, 0.717) is 17.6 Å². The van der Waals surface area contributed by atoms with Crippen molar-refractivity contribution in [1.29, 1.82) is 0 Å². The highest BCUT2D eigenvalue weighted by atomic mass is 35.5. The second kappa shape index (κ2) is 7.38. The van der Waals surface area contributed by atoms with E-state index in [1.54, 1.807) is 17.1 Å². The van der Waals surface area contributed by atoms with E-state index in [1.807, 2.05) is 0 Å². The average Bonchev–Trinajstić information content (AvgIpc) is 2.82. The lowest BCUT2D eigenvalue weighted by atomic mass is 9.96. The van der Waals surface area contributed by atoms with Gasteiger partial charge in [-0.3, -0.25) is 4.68 Å². The third kappa shape index (κ3) is 5.11. The number of nitrogens with zero attached hydrogens (tertiary/aromatic N) is 2. The van der Waals surface area contributed by atoms with Crippen molar-refractivity contribution in [1.82, 2.24) is 20.4 Å². The maximum atomic E-state index is 11.7. The van der Waals surface area contributed by atoms with E-state index < -0.39 is 0 Å². The molecule has 2 N–H and O–H groups in total. The van der Waals surface area contributed by atoms with Crippen LogP contribution in [-0.4, -0.2) is 28.4 Å². The van der Waals surface area contributed by atoms with Crippen molar-refractivity contribution in [3.05, 3.63) is 17.4 Å². The molecule has 5 nitrogen and oxygen atoms in total. The molecule has 1 aromatic rings. The molecule has 0 aromatic carbocycles. The van der Waals surface area contributed by atoms with Gasteiger partial charge in [-0.1, -0.05) is 30.9 Å². The first-order valence-corrected chi connectivity index (χ1v) is 7.34. The van der Waals surface area contributed by atoms with Crippen molar-refractivity contribution in [2.45, 2.75) is 51.1 Å². The summed E-state index contributed by atoms with van der Waals surface area (Å²) in [4.78, 5) is 11.7. The summed E-state index contributed by atoms with van der Waals surface area (Å²) < 4.78 is 1.78. The third-order valence-corrected chi connectivity index (χ3v) is 3.59. The summed E-state index contributed by atoms with van der Waals surface area (Å²) in [5.74, 6) is 0. The lowest BCUT2D eigenvalue weighted by Gasteiger charge is -2.22. The van der Waals surface area contributed by atoms with Crippen molar-refractivity contribution in [3.63, 3.8) is 0 Å². The van der Waals surface area contributed by atoms with Crippen LogP contribution in [-0.2, 0) is 6.54 Å². The molecule has 1 aliphatic carbocycles. The Balaban J connectivity index is 1.56. The Hall–Kier alpha value is -1.23. The number of carbonyl (C=O) groups is 1. The highest BCUT2D eigenvalue weighted by Crippen LogP contribution is 2.17. The van der Waals surface area contributed by atoms with Gasteiger partial charge in [0.25, 0.3) is 0 Å². The van der Waals surface area contributed by atoms with E-state index in [2.05, 4.69) is 15.7 Å². The fourth-order valence-electron chi connectivity index (χ4n) is 2.39. The zero-order valence-electron chi connectivity index (χ0n) is 11.1. The molecule has 0 radical (unpaired) electrons. The largest absolute Gasteiger partial charge is 0.338 e. The topological polar surface area (TPSA) is 59.0 Å². The summed E-state index contributed by atoms with van der Waals surface area (Å²) >= 11 is 5.77. The standard InChI is InChI=1S/C13H21ClN4O/c14-11-9-16-18(10-11)8-4-7-15-13(19)17-12-5-2-1-3-6-12/h9-10,12H,1-8H2,(H2,15,17,19). The molecule has 1 aliphatic rings. The summed E-state index contributed by atoms with van der Waals surface area (Å²) in [5.41, 5.74) is 0. The molecular weight excluding hydrogens is 264 g/mol. The molecule has 0 spiro atoms. The Morgan fingerprint density at radius 2 is 2.21 bits per heavy atom. The Labute approximate surface area is 118 Å². The fraction of sp³-hybridized carbons (Fsp3) is 0.692. The molecule has 2 amide bonds. The van der Waals surface area contributed by atoms with Gasteiger partial charge in [0.2, 0.25) is 0 Å². The summed E-state index contributed by atoms with van der Waals surface area (Å²) in [6, 6.07) is 0.309. The molecule has 1 saturated carbocycles. The zero-order valence-corrected chi connectivity index (χ0v) is 11.8. The minimum absolute atomic E-state index is 0.0506. The Morgan fingerprint density at radius 3 is 2.89 bits per heavy atom. The normalized spacial score (nSPS) is 16.3. The first kappa shape index (κ1) is 14.2. The average molecular weight is 285 g/mol. The lowest BCUT2D eigenvalue weighted by molar-refractivity contribution is 0.232. The minimum atomic E-state index is -0.0506. The Morgan fingerprint density at radius 1 is 1.42 bits per heavy atom. The van der Waals surface area contributed by atoms with Crippen LogP contribution in [0.5, 0.6) is 0 Å². The van der Waals surface area contributed by atoms with Crippen LogP contribution in [0, 0.1) is 0 Å². The van der Waals surface area contributed by atoms with Gasteiger partial charge >= 0.3 is 6.03 Å². The maximum absolute atomic E-state index is 11.7. The molecule has 0 bridgehead atoms. The van der Waals surface area contributed by atoms with E-state index in [0.717, 1.165) is 25.8 Å². The minimum Gasteiger partial charge on any atom is -0.338 e. The maximum Gasteiger partial charge on any atom is 0.315 e. The van der Waals surface area contributed by atoms with Gasteiger partial charge in [-0.2, -0.15) is 5.10 Å². The number of hydrogen-bond donors (Lipinski definition) is 2. The third-order valence-electron chi connectivity index (χ3n) is 3.39. The quantitative estimate of drug-likeness (QED) is 0.817. The number of amides is 2. The predicted octanol–water partition coefficient (Wildman–Crippen LogP) is 2.56. The van der Waals surface area contributed by atoms with Crippen LogP contribution < -0.4 is 10.6 Å². The van der Waals surface area contributed by atoms with E-state index in [-0.39, 0.29) is 6.03 Å². The smallest absolute Gasteiger partial charge is 0.315 e. The van der Waals surface area contributed by atoms with Crippen LogP contribution in [0.15, 0.2) is 12.4 Å². The van der Waals surface area contributed by atoms with Crippen molar-refractivity contribution in [2.24, 2.45) is 0 Å². The number of halogens is 1. The zero-order chi connectivity index (χ0) is 13.5. The molecule has 19 heavy (non-hydrogen) atoms. The molecule has 106 valence electrons. The summed E-state index contributed by atoms with van der Waals surface area (Å²) in [6.07, 6.45) is 10.2. The van der Waals surface area contributed by atoms with Crippen molar-refractivity contribution in [3.8, 4) is 0 Å². The van der Waals surface area contributed by atoms with Gasteiger partial charge in [0.05, 0.1) is 11.2 Å². The molecule has 0 saturated heterocycles. The van der Waals surface area contributed by atoms with Crippen LogP contribution in [0.2, 0.25) is 5.02 Å². The number of carbonyl (C=O) groups excluding carboxylic acids is 1. The van der Waals surface area contributed by atoms with E-state index >= 15 is 0 Å². The number of aryl methyl sites for hydroxylation is 1. The van der Waals surface area contributed by atoms with Gasteiger partial charge in [-0.25, -0.2) is 4.79 Å². The molecule has 1 heterocycles. The second-order valence-electron chi connectivity index (χ2n) is 5.01. The SMILES string of the molecule is O=C(NCCCn1cc(Cl)cn1)NC1CCCCC1. The Kier molecular flexibility index (Phi) is 5.51. The van der Waals surface area contributed by atoms with Crippen LogP contribution in [0.4, 0.5) is 4.79 Å². The Bertz CT molecular complexity index is 401. The van der Waals surface area contributed by atoms with Gasteiger partial charge < -0.3 is 10.6 Å². The molecule has 6 heteroatoms. The molecule has 1 aromatic heterocycles. The molecule has 1 fully saturated rings. The number of rotatable bonds is 5. The van der Waals surface area contributed by atoms with E-state index in [4.69, 9.17) is 11.6 Å². The van der Waals surface area contributed by atoms with Gasteiger partial charge in [-0.15, -0.1) is 0 Å². The van der Waals surface area contributed by atoms with Crippen molar-refractivity contribution >= 4 is 17.6 Å². The number of urea groups is 1. The first-order chi connectivity index (χ1) is 9.24. The van der Waals surface area contributed by atoms with E-state index in [1.165, 1.54) is 19.3 Å². The summed E-state index contributed by atoms with van der Waals surface area (Å²) in [6.45, 7) is 1.41. The highest BCUT2D eigenvalue weighted by molar-refractivity contribution is 6.30. The molecule has 0 unspecified atom stereocenters. The molecule has 2 rings (SSSR count).